The molecule has 0 spiro atoms. The lowest BCUT2D eigenvalue weighted by atomic mass is 10.0. The molecule has 0 bridgehead atoms. The van der Waals surface area contributed by atoms with Gasteiger partial charge in [0.1, 0.15) is 0 Å². The van der Waals surface area contributed by atoms with Gasteiger partial charge in [-0.05, 0) is 37.7 Å². The number of fused-ring (bicyclic) bond motifs is 1. The van der Waals surface area contributed by atoms with Gasteiger partial charge in [-0.1, -0.05) is 6.42 Å². The molecule has 2 atom stereocenters. The number of H-pyrrole nitrogens is 1. The van der Waals surface area contributed by atoms with Crippen molar-refractivity contribution in [2.75, 3.05) is 13.1 Å². The third kappa shape index (κ3) is 1.46. The van der Waals surface area contributed by atoms with Crippen LogP contribution in [0, 0.1) is 18.8 Å². The van der Waals surface area contributed by atoms with Gasteiger partial charge < -0.3 is 9.88 Å². The number of likely N-dealkylation sites (tertiary alicyclic amines) is 1. The molecule has 3 rings (SSSR count). The van der Waals surface area contributed by atoms with E-state index in [0.717, 1.165) is 36.2 Å². The lowest BCUT2D eigenvalue weighted by molar-refractivity contribution is 0.0780. The third-order valence-corrected chi connectivity index (χ3v) is 4.20. The topological polar surface area (TPSA) is 36.1 Å². The van der Waals surface area contributed by atoms with Crippen LogP contribution < -0.4 is 0 Å². The number of rotatable bonds is 1. The van der Waals surface area contributed by atoms with E-state index in [9.17, 15) is 4.79 Å². The quantitative estimate of drug-likeness (QED) is 0.770. The minimum absolute atomic E-state index is 0.216. The van der Waals surface area contributed by atoms with Gasteiger partial charge in [-0.2, -0.15) is 0 Å². The molecule has 1 N–H and O–H groups in total. The summed E-state index contributed by atoms with van der Waals surface area (Å²) in [6.45, 7) is 3.92. The van der Waals surface area contributed by atoms with E-state index < -0.39 is 0 Å². The molecule has 0 aromatic carbocycles. The molecule has 3 heteroatoms. The maximum absolute atomic E-state index is 12.3. The third-order valence-electron chi connectivity index (χ3n) is 4.20. The smallest absolute Gasteiger partial charge is 0.255 e. The number of nitrogens with zero attached hydrogens (tertiary/aromatic N) is 1. The zero-order valence-electron chi connectivity index (χ0n) is 9.70. The highest BCUT2D eigenvalue weighted by Crippen LogP contribution is 2.38. The SMILES string of the molecule is Cc1[nH]ccc1C(=O)N1CC2CCCC2C1. The van der Waals surface area contributed by atoms with E-state index in [2.05, 4.69) is 4.98 Å². The molecule has 2 unspecified atom stereocenters. The zero-order valence-corrected chi connectivity index (χ0v) is 9.70. The van der Waals surface area contributed by atoms with Gasteiger partial charge in [-0.3, -0.25) is 4.79 Å². The highest BCUT2D eigenvalue weighted by Gasteiger charge is 2.38. The summed E-state index contributed by atoms with van der Waals surface area (Å²) in [4.78, 5) is 17.4. The van der Waals surface area contributed by atoms with Gasteiger partial charge in [-0.25, -0.2) is 0 Å². The van der Waals surface area contributed by atoms with Crippen molar-refractivity contribution in [3.8, 4) is 0 Å². The van der Waals surface area contributed by atoms with Crippen LogP contribution in [-0.2, 0) is 0 Å². The Labute approximate surface area is 95.8 Å². The molecule has 1 aromatic heterocycles. The highest BCUT2D eigenvalue weighted by atomic mass is 16.2. The average Bonchev–Trinajstić information content (AvgIpc) is 2.89. The summed E-state index contributed by atoms with van der Waals surface area (Å²) in [5.41, 5.74) is 1.84. The van der Waals surface area contributed by atoms with Crippen LogP contribution in [0.1, 0.15) is 35.3 Å². The molecule has 16 heavy (non-hydrogen) atoms. The number of hydrogen-bond donors (Lipinski definition) is 1. The number of carbonyl (C=O) groups excluding carboxylic acids is 1. The Bertz CT molecular complexity index is 398. The van der Waals surface area contributed by atoms with E-state index in [4.69, 9.17) is 0 Å². The maximum Gasteiger partial charge on any atom is 0.255 e. The molecule has 0 radical (unpaired) electrons. The van der Waals surface area contributed by atoms with E-state index >= 15 is 0 Å². The summed E-state index contributed by atoms with van der Waals surface area (Å²) in [5.74, 6) is 1.78. The van der Waals surface area contributed by atoms with Crippen molar-refractivity contribution in [2.24, 2.45) is 11.8 Å². The van der Waals surface area contributed by atoms with Gasteiger partial charge in [0, 0.05) is 25.0 Å². The van der Waals surface area contributed by atoms with Gasteiger partial charge in [-0.15, -0.1) is 0 Å². The Balaban J connectivity index is 1.75. The molecular weight excluding hydrogens is 200 g/mol. The fourth-order valence-corrected chi connectivity index (χ4v) is 3.26. The Kier molecular flexibility index (Phi) is 2.27. The summed E-state index contributed by atoms with van der Waals surface area (Å²) in [5, 5.41) is 0. The number of hydrogen-bond acceptors (Lipinski definition) is 1. The molecule has 1 aliphatic heterocycles. The Morgan fingerprint density at radius 2 is 2.06 bits per heavy atom. The Morgan fingerprint density at radius 3 is 2.62 bits per heavy atom. The zero-order chi connectivity index (χ0) is 11.1. The van der Waals surface area contributed by atoms with Crippen LogP contribution in [0.2, 0.25) is 0 Å². The van der Waals surface area contributed by atoms with Gasteiger partial charge in [0.25, 0.3) is 5.91 Å². The molecule has 1 amide bonds. The standard InChI is InChI=1S/C13H18N2O/c1-9-12(5-6-14-9)13(16)15-7-10-3-2-4-11(10)8-15/h5-6,10-11,14H,2-4,7-8H2,1H3. The number of nitrogens with one attached hydrogen (secondary N) is 1. The van der Waals surface area contributed by atoms with E-state index in [0.29, 0.717) is 0 Å². The largest absolute Gasteiger partial charge is 0.365 e. The number of aromatic amines is 1. The fourth-order valence-electron chi connectivity index (χ4n) is 3.26. The van der Waals surface area contributed by atoms with Gasteiger partial charge in [0.2, 0.25) is 0 Å². The summed E-state index contributed by atoms with van der Waals surface area (Å²) in [6.07, 6.45) is 5.85. The lowest BCUT2D eigenvalue weighted by Crippen LogP contribution is -2.29. The van der Waals surface area contributed by atoms with E-state index in [1.807, 2.05) is 24.1 Å². The van der Waals surface area contributed by atoms with Crippen molar-refractivity contribution < 1.29 is 4.79 Å². The molecule has 1 saturated heterocycles. The van der Waals surface area contributed by atoms with Crippen LogP contribution in [-0.4, -0.2) is 28.9 Å². The number of carbonyl (C=O) groups is 1. The molecule has 1 aromatic rings. The summed E-state index contributed by atoms with van der Waals surface area (Å²) in [7, 11) is 0. The van der Waals surface area contributed by atoms with Crippen LogP contribution >= 0.6 is 0 Å². The van der Waals surface area contributed by atoms with Gasteiger partial charge >= 0.3 is 0 Å². The van der Waals surface area contributed by atoms with E-state index in [1.54, 1.807) is 0 Å². The number of amides is 1. The average molecular weight is 218 g/mol. The van der Waals surface area contributed by atoms with E-state index in [-0.39, 0.29) is 5.91 Å². The molecule has 86 valence electrons. The predicted molar refractivity (Wildman–Crippen MR) is 62.3 cm³/mol. The Hall–Kier alpha value is -1.25. The molecule has 2 aliphatic rings. The second-order valence-electron chi connectivity index (χ2n) is 5.18. The molecule has 3 nitrogen and oxygen atoms in total. The second-order valence-corrected chi connectivity index (χ2v) is 5.18. The van der Waals surface area contributed by atoms with Gasteiger partial charge in [0.15, 0.2) is 0 Å². The van der Waals surface area contributed by atoms with Gasteiger partial charge in [0.05, 0.1) is 5.56 Å². The normalized spacial score (nSPS) is 28.4. The van der Waals surface area contributed by atoms with Crippen molar-refractivity contribution in [2.45, 2.75) is 26.2 Å². The first-order valence-corrected chi connectivity index (χ1v) is 6.19. The second kappa shape index (κ2) is 3.65. The monoisotopic (exact) mass is 218 g/mol. The first kappa shape index (κ1) is 9.94. The number of aryl methyl sites for hydroxylation is 1. The first-order valence-electron chi connectivity index (χ1n) is 6.19. The fraction of sp³-hybridized carbons (Fsp3) is 0.615. The minimum Gasteiger partial charge on any atom is -0.365 e. The molecule has 2 heterocycles. The Morgan fingerprint density at radius 1 is 1.38 bits per heavy atom. The first-order chi connectivity index (χ1) is 7.75. The van der Waals surface area contributed by atoms with E-state index in [1.165, 1.54) is 19.3 Å². The molecule has 1 aliphatic carbocycles. The van der Waals surface area contributed by atoms with Crippen molar-refractivity contribution in [1.82, 2.24) is 9.88 Å². The molecular formula is C13H18N2O. The highest BCUT2D eigenvalue weighted by molar-refractivity contribution is 5.95. The lowest BCUT2D eigenvalue weighted by Gasteiger charge is -2.17. The van der Waals surface area contributed by atoms with Crippen molar-refractivity contribution >= 4 is 5.91 Å². The van der Waals surface area contributed by atoms with Crippen molar-refractivity contribution in [3.63, 3.8) is 0 Å². The van der Waals surface area contributed by atoms with Crippen molar-refractivity contribution in [3.05, 3.63) is 23.5 Å². The number of aromatic nitrogens is 1. The molecule has 2 fully saturated rings. The predicted octanol–water partition coefficient (Wildman–Crippen LogP) is 2.20. The van der Waals surface area contributed by atoms with Crippen LogP contribution in [0.15, 0.2) is 12.3 Å². The molecule has 1 saturated carbocycles. The summed E-state index contributed by atoms with van der Waals surface area (Å²) in [6, 6.07) is 1.89. The minimum atomic E-state index is 0.216. The summed E-state index contributed by atoms with van der Waals surface area (Å²) >= 11 is 0. The van der Waals surface area contributed by atoms with Crippen molar-refractivity contribution in [1.29, 1.82) is 0 Å². The van der Waals surface area contributed by atoms with Crippen LogP contribution in [0.25, 0.3) is 0 Å². The summed E-state index contributed by atoms with van der Waals surface area (Å²) < 4.78 is 0. The van der Waals surface area contributed by atoms with Crippen LogP contribution in [0.3, 0.4) is 0 Å². The van der Waals surface area contributed by atoms with Crippen LogP contribution in [0.5, 0.6) is 0 Å². The maximum atomic E-state index is 12.3. The van der Waals surface area contributed by atoms with Crippen LogP contribution in [0.4, 0.5) is 0 Å².